The molecule has 9 heteroatoms. The molecule has 0 unspecified atom stereocenters. The number of imidazole rings is 1. The van der Waals surface area contributed by atoms with E-state index in [9.17, 15) is 13.2 Å². The summed E-state index contributed by atoms with van der Waals surface area (Å²) in [6.45, 7) is 0. The molecule has 0 aliphatic carbocycles. The summed E-state index contributed by atoms with van der Waals surface area (Å²) in [5, 5.41) is 0. The Hall–Kier alpha value is -2.78. The Balaban J connectivity index is 2.42. The standard InChI is InChI=1S/C16H16N4O4S/c1-19(2)25(22,23)20-13-9-5-4-8-12(13)18-15(20)14-11(16(21)24-3)7-6-10-17-14/h4-10H,1-3H3. The van der Waals surface area contributed by atoms with Crippen LogP contribution in [0.15, 0.2) is 42.6 Å². The molecule has 0 spiro atoms. The van der Waals surface area contributed by atoms with Gasteiger partial charge in [-0.15, -0.1) is 0 Å². The summed E-state index contributed by atoms with van der Waals surface area (Å²) >= 11 is 0. The topological polar surface area (TPSA) is 94.4 Å². The van der Waals surface area contributed by atoms with Gasteiger partial charge < -0.3 is 4.74 Å². The number of para-hydroxylation sites is 2. The maximum Gasteiger partial charge on any atom is 0.340 e. The summed E-state index contributed by atoms with van der Waals surface area (Å²) in [6, 6.07) is 9.90. The number of methoxy groups -OCH3 is 1. The average molecular weight is 360 g/mol. The van der Waals surface area contributed by atoms with Crippen molar-refractivity contribution >= 4 is 27.2 Å². The van der Waals surface area contributed by atoms with Gasteiger partial charge in [-0.1, -0.05) is 12.1 Å². The molecule has 8 nitrogen and oxygen atoms in total. The fraction of sp³-hybridized carbons (Fsp3) is 0.188. The van der Waals surface area contributed by atoms with Crippen LogP contribution in [0.4, 0.5) is 0 Å². The molecule has 0 saturated carbocycles. The number of rotatable bonds is 4. The monoisotopic (exact) mass is 360 g/mol. The molecule has 0 amide bonds. The summed E-state index contributed by atoms with van der Waals surface area (Å²) < 4.78 is 32.6. The van der Waals surface area contributed by atoms with Gasteiger partial charge in [0.1, 0.15) is 5.69 Å². The van der Waals surface area contributed by atoms with Crippen molar-refractivity contribution in [2.24, 2.45) is 0 Å². The number of carbonyl (C=O) groups is 1. The number of fused-ring (bicyclic) bond motifs is 1. The molecule has 0 radical (unpaired) electrons. The van der Waals surface area contributed by atoms with E-state index in [1.54, 1.807) is 30.3 Å². The third-order valence-electron chi connectivity index (χ3n) is 3.64. The van der Waals surface area contributed by atoms with Crippen LogP contribution in [0.2, 0.25) is 0 Å². The average Bonchev–Trinajstić information content (AvgIpc) is 3.01. The Morgan fingerprint density at radius 3 is 2.56 bits per heavy atom. The largest absolute Gasteiger partial charge is 0.465 e. The van der Waals surface area contributed by atoms with Gasteiger partial charge in [-0.25, -0.2) is 13.8 Å². The van der Waals surface area contributed by atoms with Gasteiger partial charge >= 0.3 is 16.2 Å². The normalized spacial score (nSPS) is 11.8. The Bertz CT molecular complexity index is 1060. The Labute approximate surface area is 144 Å². The number of pyridine rings is 1. The molecule has 3 aromatic rings. The summed E-state index contributed by atoms with van der Waals surface area (Å²) in [5.74, 6) is -0.570. The molecule has 0 fully saturated rings. The van der Waals surface area contributed by atoms with Gasteiger partial charge in [0.2, 0.25) is 0 Å². The van der Waals surface area contributed by atoms with Crippen LogP contribution in [0.5, 0.6) is 0 Å². The fourth-order valence-corrected chi connectivity index (χ4v) is 3.48. The number of ether oxygens (including phenoxy) is 1. The highest BCUT2D eigenvalue weighted by molar-refractivity contribution is 7.87. The van der Waals surface area contributed by atoms with Crippen molar-refractivity contribution in [3.8, 4) is 11.5 Å². The van der Waals surface area contributed by atoms with E-state index >= 15 is 0 Å². The van der Waals surface area contributed by atoms with E-state index in [2.05, 4.69) is 9.97 Å². The van der Waals surface area contributed by atoms with Crippen molar-refractivity contribution in [1.29, 1.82) is 0 Å². The van der Waals surface area contributed by atoms with Gasteiger partial charge in [0.05, 0.1) is 23.7 Å². The summed E-state index contributed by atoms with van der Waals surface area (Å²) in [5.41, 5.74) is 1.14. The maximum absolute atomic E-state index is 12.9. The molecule has 0 atom stereocenters. The molecule has 2 aromatic heterocycles. The van der Waals surface area contributed by atoms with Crippen LogP contribution in [-0.2, 0) is 14.9 Å². The first-order valence-electron chi connectivity index (χ1n) is 7.32. The second-order valence-corrected chi connectivity index (χ2v) is 7.36. The van der Waals surface area contributed by atoms with E-state index in [4.69, 9.17) is 4.74 Å². The zero-order valence-corrected chi connectivity index (χ0v) is 14.7. The van der Waals surface area contributed by atoms with E-state index < -0.39 is 16.2 Å². The third kappa shape index (κ3) is 2.77. The molecular formula is C16H16N4O4S. The van der Waals surface area contributed by atoms with Crippen LogP contribution in [0.3, 0.4) is 0 Å². The van der Waals surface area contributed by atoms with Crippen LogP contribution in [0, 0.1) is 0 Å². The Kier molecular flexibility index (Phi) is 4.27. The maximum atomic E-state index is 12.9. The fourth-order valence-electron chi connectivity index (χ4n) is 2.41. The van der Waals surface area contributed by atoms with Gasteiger partial charge in [0, 0.05) is 20.3 Å². The zero-order chi connectivity index (χ0) is 18.2. The highest BCUT2D eigenvalue weighted by Crippen LogP contribution is 2.28. The van der Waals surface area contributed by atoms with E-state index in [0.29, 0.717) is 11.0 Å². The number of aromatic nitrogens is 3. The molecule has 0 saturated heterocycles. The molecule has 0 bridgehead atoms. The first kappa shape index (κ1) is 17.1. The van der Waals surface area contributed by atoms with Crippen LogP contribution in [-0.4, -0.2) is 53.8 Å². The summed E-state index contributed by atoms with van der Waals surface area (Å²) in [7, 11) is 0.204. The summed E-state index contributed by atoms with van der Waals surface area (Å²) in [4.78, 5) is 20.6. The predicted molar refractivity (Wildman–Crippen MR) is 92.3 cm³/mol. The minimum absolute atomic E-state index is 0.0518. The van der Waals surface area contributed by atoms with Crippen molar-refractivity contribution in [1.82, 2.24) is 18.2 Å². The lowest BCUT2D eigenvalue weighted by Crippen LogP contribution is -2.29. The lowest BCUT2D eigenvalue weighted by Gasteiger charge is -2.15. The van der Waals surface area contributed by atoms with E-state index in [1.807, 2.05) is 0 Å². The van der Waals surface area contributed by atoms with Crippen molar-refractivity contribution in [3.63, 3.8) is 0 Å². The minimum Gasteiger partial charge on any atom is -0.465 e. The van der Waals surface area contributed by atoms with E-state index in [-0.39, 0.29) is 17.1 Å². The van der Waals surface area contributed by atoms with Gasteiger partial charge in [-0.2, -0.15) is 12.7 Å². The zero-order valence-electron chi connectivity index (χ0n) is 13.9. The molecule has 130 valence electrons. The lowest BCUT2D eigenvalue weighted by atomic mass is 10.2. The van der Waals surface area contributed by atoms with Gasteiger partial charge in [0.25, 0.3) is 0 Å². The summed E-state index contributed by atoms with van der Waals surface area (Å²) in [6.07, 6.45) is 1.47. The molecule has 3 rings (SSSR count). The minimum atomic E-state index is -3.89. The van der Waals surface area contributed by atoms with Crippen LogP contribution >= 0.6 is 0 Å². The Morgan fingerprint density at radius 1 is 1.16 bits per heavy atom. The molecule has 0 aliphatic rings. The second kappa shape index (κ2) is 6.26. The van der Waals surface area contributed by atoms with E-state index in [0.717, 1.165) is 8.28 Å². The van der Waals surface area contributed by atoms with Crippen LogP contribution in [0.1, 0.15) is 10.4 Å². The quantitative estimate of drug-likeness (QED) is 0.655. The number of carbonyl (C=O) groups excluding carboxylic acids is 1. The molecular weight excluding hydrogens is 344 g/mol. The second-order valence-electron chi connectivity index (χ2n) is 5.37. The van der Waals surface area contributed by atoms with Crippen molar-refractivity contribution < 1.29 is 17.9 Å². The SMILES string of the molecule is COC(=O)c1cccnc1-c1nc2ccccc2n1S(=O)(=O)N(C)C. The molecule has 1 aromatic carbocycles. The van der Waals surface area contributed by atoms with Gasteiger partial charge in [-0.05, 0) is 24.3 Å². The third-order valence-corrected chi connectivity index (χ3v) is 5.39. The van der Waals surface area contributed by atoms with Gasteiger partial charge in [0.15, 0.2) is 5.82 Å². The molecule has 25 heavy (non-hydrogen) atoms. The van der Waals surface area contributed by atoms with Crippen molar-refractivity contribution in [2.75, 3.05) is 21.2 Å². The van der Waals surface area contributed by atoms with Crippen molar-refractivity contribution in [3.05, 3.63) is 48.2 Å². The van der Waals surface area contributed by atoms with Crippen LogP contribution < -0.4 is 0 Å². The van der Waals surface area contributed by atoms with Crippen molar-refractivity contribution in [2.45, 2.75) is 0 Å². The first-order valence-corrected chi connectivity index (χ1v) is 8.72. The number of nitrogens with zero attached hydrogens (tertiary/aromatic N) is 4. The highest BCUT2D eigenvalue weighted by atomic mass is 32.2. The van der Waals surface area contributed by atoms with Gasteiger partial charge in [-0.3, -0.25) is 4.98 Å². The molecule has 0 N–H and O–H groups in total. The smallest absolute Gasteiger partial charge is 0.340 e. The molecule has 2 heterocycles. The predicted octanol–water partition coefficient (Wildman–Crippen LogP) is 1.54. The highest BCUT2D eigenvalue weighted by Gasteiger charge is 2.28. The number of hydrogen-bond donors (Lipinski definition) is 0. The number of hydrogen-bond acceptors (Lipinski definition) is 6. The Morgan fingerprint density at radius 2 is 1.88 bits per heavy atom. The number of esters is 1. The molecule has 0 aliphatic heterocycles. The lowest BCUT2D eigenvalue weighted by molar-refractivity contribution is 0.0601. The van der Waals surface area contributed by atoms with Crippen LogP contribution in [0.25, 0.3) is 22.6 Å². The van der Waals surface area contributed by atoms with E-state index in [1.165, 1.54) is 33.5 Å². The first-order chi connectivity index (χ1) is 11.9. The number of benzene rings is 1.